The first kappa shape index (κ1) is 27.2. The van der Waals surface area contributed by atoms with Gasteiger partial charge in [0.25, 0.3) is 0 Å². The monoisotopic (exact) mass is 501 g/mol. The second-order valence-electron chi connectivity index (χ2n) is 8.21. The zero-order chi connectivity index (χ0) is 26.3. The Morgan fingerprint density at radius 1 is 1.05 bits per heavy atom. The van der Waals surface area contributed by atoms with Crippen molar-refractivity contribution < 1.29 is 9.53 Å². The summed E-state index contributed by atoms with van der Waals surface area (Å²) in [5.41, 5.74) is 11.8. The molecule has 0 saturated heterocycles. The minimum Gasteiger partial charge on any atom is -0.380 e. The molecule has 3 aromatic rings. The van der Waals surface area contributed by atoms with E-state index in [1.807, 2.05) is 73.5 Å². The predicted octanol–water partition coefficient (Wildman–Crippen LogP) is 5.03. The highest BCUT2D eigenvalue weighted by Gasteiger charge is 2.04. The molecule has 0 unspecified atom stereocenters. The summed E-state index contributed by atoms with van der Waals surface area (Å²) in [5, 5.41) is 12.8. The van der Waals surface area contributed by atoms with E-state index in [9.17, 15) is 4.79 Å². The Morgan fingerprint density at radius 2 is 1.76 bits per heavy atom. The van der Waals surface area contributed by atoms with Crippen molar-refractivity contribution in [1.82, 2.24) is 14.9 Å². The molecule has 11 heteroatoms. The van der Waals surface area contributed by atoms with Crippen LogP contribution in [0, 0.1) is 6.92 Å². The fraction of sp³-hybridized carbons (Fsp3) is 0.269. The number of carbonyl (C=O) groups is 1. The number of nitrogens with one attached hydrogen (secondary N) is 3. The number of nitrogens with zero attached hydrogens (tertiary/aromatic N) is 6. The Bertz CT molecular complexity index is 1240. The maximum atomic E-state index is 12.3. The molecular weight excluding hydrogens is 470 g/mol. The van der Waals surface area contributed by atoms with Crippen molar-refractivity contribution in [3.05, 3.63) is 89.1 Å². The fourth-order valence-electron chi connectivity index (χ4n) is 3.27. The van der Waals surface area contributed by atoms with E-state index in [1.54, 1.807) is 6.08 Å². The molecule has 0 aliphatic carbocycles. The van der Waals surface area contributed by atoms with Gasteiger partial charge in [0.15, 0.2) is 0 Å². The van der Waals surface area contributed by atoms with Crippen molar-refractivity contribution in [3.63, 3.8) is 0 Å². The molecule has 192 valence electrons. The summed E-state index contributed by atoms with van der Waals surface area (Å²) in [5.74, 6) is 1.07. The maximum absolute atomic E-state index is 12.3. The molecule has 3 rings (SSSR count). The molecule has 37 heavy (non-hydrogen) atoms. The Morgan fingerprint density at radius 3 is 2.49 bits per heavy atom. The average molecular weight is 502 g/mol. The van der Waals surface area contributed by atoms with Gasteiger partial charge in [0.05, 0.1) is 13.2 Å². The van der Waals surface area contributed by atoms with Gasteiger partial charge in [-0.25, -0.2) is 9.97 Å². The smallest absolute Gasteiger partial charge is 0.248 e. The SMILES string of the molecule is Cc1cccc(Nc2cc(Nc3cccc(NC(=O)C=CCN(C)CCOCCN=[N+]=[N-])c3)ncn2)c1. The molecule has 11 nitrogen and oxygen atoms in total. The fourth-order valence-corrected chi connectivity index (χ4v) is 3.27. The highest BCUT2D eigenvalue weighted by molar-refractivity contribution is 5.99. The molecule has 0 radical (unpaired) electrons. The highest BCUT2D eigenvalue weighted by atomic mass is 16.5. The van der Waals surface area contributed by atoms with Crippen LogP contribution in [-0.4, -0.2) is 60.7 Å². The van der Waals surface area contributed by atoms with E-state index < -0.39 is 0 Å². The minimum atomic E-state index is -0.220. The third-order valence-corrected chi connectivity index (χ3v) is 5.06. The second kappa shape index (κ2) is 14.8. The molecule has 0 fully saturated rings. The van der Waals surface area contributed by atoms with Crippen molar-refractivity contribution in [2.75, 3.05) is 55.8 Å². The van der Waals surface area contributed by atoms with Crippen LogP contribution in [0.15, 0.2) is 78.2 Å². The van der Waals surface area contributed by atoms with E-state index in [1.165, 1.54) is 12.4 Å². The summed E-state index contributed by atoms with van der Waals surface area (Å²) in [6, 6.07) is 17.3. The van der Waals surface area contributed by atoms with Crippen LogP contribution in [0.2, 0.25) is 0 Å². The van der Waals surface area contributed by atoms with Crippen LogP contribution < -0.4 is 16.0 Å². The van der Waals surface area contributed by atoms with E-state index >= 15 is 0 Å². The molecule has 1 aromatic heterocycles. The topological polar surface area (TPSA) is 140 Å². The molecule has 0 bridgehead atoms. The number of aryl methyl sites for hydroxylation is 1. The zero-order valence-electron chi connectivity index (χ0n) is 21.0. The second-order valence-corrected chi connectivity index (χ2v) is 8.21. The van der Waals surface area contributed by atoms with Gasteiger partial charge >= 0.3 is 0 Å². The van der Waals surface area contributed by atoms with Gasteiger partial charge in [0, 0.05) is 53.8 Å². The largest absolute Gasteiger partial charge is 0.380 e. The van der Waals surface area contributed by atoms with Crippen LogP contribution in [0.3, 0.4) is 0 Å². The average Bonchev–Trinajstić information content (AvgIpc) is 2.86. The number of amides is 1. The molecule has 0 aliphatic rings. The number of azide groups is 1. The number of hydrogen-bond acceptors (Lipinski definition) is 8. The van der Waals surface area contributed by atoms with Gasteiger partial charge in [-0.15, -0.1) is 0 Å². The first-order valence-corrected chi connectivity index (χ1v) is 11.8. The maximum Gasteiger partial charge on any atom is 0.248 e. The number of likely N-dealkylation sites (N-methyl/N-ethyl adjacent to an activating group) is 1. The molecule has 2 aromatic carbocycles. The lowest BCUT2D eigenvalue weighted by Crippen LogP contribution is -2.24. The number of aromatic nitrogens is 2. The molecule has 0 saturated carbocycles. The Kier molecular flexibility index (Phi) is 10.9. The van der Waals surface area contributed by atoms with Crippen LogP contribution in [0.1, 0.15) is 5.56 Å². The first-order chi connectivity index (χ1) is 18.0. The van der Waals surface area contributed by atoms with E-state index in [0.29, 0.717) is 50.2 Å². The third kappa shape index (κ3) is 10.4. The normalized spacial score (nSPS) is 10.8. The van der Waals surface area contributed by atoms with Crippen molar-refractivity contribution in [2.24, 2.45) is 5.11 Å². The third-order valence-electron chi connectivity index (χ3n) is 5.06. The van der Waals surface area contributed by atoms with Gasteiger partial charge < -0.3 is 25.6 Å². The van der Waals surface area contributed by atoms with Gasteiger partial charge in [-0.1, -0.05) is 29.4 Å². The van der Waals surface area contributed by atoms with Crippen LogP contribution in [-0.2, 0) is 9.53 Å². The van der Waals surface area contributed by atoms with Gasteiger partial charge in [0.1, 0.15) is 18.0 Å². The Balaban J connectivity index is 1.46. The van der Waals surface area contributed by atoms with Crippen molar-refractivity contribution >= 4 is 34.6 Å². The predicted molar refractivity (Wildman–Crippen MR) is 146 cm³/mol. The van der Waals surface area contributed by atoms with Gasteiger partial charge in [-0.2, -0.15) is 0 Å². The summed E-state index contributed by atoms with van der Waals surface area (Å²) < 4.78 is 5.38. The number of benzene rings is 2. The summed E-state index contributed by atoms with van der Waals surface area (Å²) in [4.78, 5) is 25.6. The van der Waals surface area contributed by atoms with Crippen LogP contribution in [0.4, 0.5) is 28.7 Å². The molecule has 0 atom stereocenters. The number of rotatable bonds is 14. The van der Waals surface area contributed by atoms with Crippen molar-refractivity contribution in [3.8, 4) is 0 Å². The van der Waals surface area contributed by atoms with Gasteiger partial charge in [0.2, 0.25) is 5.91 Å². The van der Waals surface area contributed by atoms with Crippen molar-refractivity contribution in [1.29, 1.82) is 0 Å². The zero-order valence-corrected chi connectivity index (χ0v) is 21.0. The quantitative estimate of drug-likeness (QED) is 0.0925. The number of ether oxygens (including phenoxy) is 1. The molecular formula is C26H31N9O2. The lowest BCUT2D eigenvalue weighted by atomic mass is 10.2. The molecule has 0 spiro atoms. The van der Waals surface area contributed by atoms with E-state index in [2.05, 4.69) is 35.9 Å². The first-order valence-electron chi connectivity index (χ1n) is 11.8. The van der Waals surface area contributed by atoms with Crippen LogP contribution in [0.25, 0.3) is 10.4 Å². The molecule has 1 heterocycles. The number of anilines is 5. The Hall–Kier alpha value is -4.44. The summed E-state index contributed by atoms with van der Waals surface area (Å²) in [7, 11) is 1.93. The minimum absolute atomic E-state index is 0.220. The van der Waals surface area contributed by atoms with E-state index in [4.69, 9.17) is 10.3 Å². The number of carbonyl (C=O) groups excluding carboxylic acids is 1. The Labute approximate surface area is 216 Å². The van der Waals surface area contributed by atoms with E-state index in [-0.39, 0.29) is 5.91 Å². The number of hydrogen-bond donors (Lipinski definition) is 3. The molecule has 3 N–H and O–H groups in total. The lowest BCUT2D eigenvalue weighted by molar-refractivity contribution is -0.111. The highest BCUT2D eigenvalue weighted by Crippen LogP contribution is 2.22. The van der Waals surface area contributed by atoms with Gasteiger partial charge in [-0.05, 0) is 55.4 Å². The summed E-state index contributed by atoms with van der Waals surface area (Å²) in [6.45, 7) is 4.57. The van der Waals surface area contributed by atoms with Gasteiger partial charge in [-0.3, -0.25) is 4.79 Å². The summed E-state index contributed by atoms with van der Waals surface area (Å²) >= 11 is 0. The van der Waals surface area contributed by atoms with E-state index in [0.717, 1.165) is 16.9 Å². The van der Waals surface area contributed by atoms with Crippen LogP contribution in [0.5, 0.6) is 0 Å². The molecule has 1 amide bonds. The van der Waals surface area contributed by atoms with Crippen molar-refractivity contribution in [2.45, 2.75) is 6.92 Å². The summed E-state index contributed by atoms with van der Waals surface area (Å²) in [6.07, 6.45) is 4.79. The standard InChI is InChI=1S/C26H31N9O2/c1-20-6-3-7-21(16-20)31-24-18-25(29-19-28-24)32-22-8-4-9-23(17-22)33-26(36)10-5-12-35(2)13-15-37-14-11-30-34-27/h3-10,16-19H,11-15H2,1-2H3,(H,33,36)(H2,28,29,31,32). The molecule has 0 aliphatic heterocycles. The van der Waals surface area contributed by atoms with Crippen LogP contribution >= 0.6 is 0 Å². The lowest BCUT2D eigenvalue weighted by Gasteiger charge is -2.14.